The number of esters is 1. The van der Waals surface area contributed by atoms with E-state index >= 15 is 0 Å². The monoisotopic (exact) mass is 472 g/mol. The second-order valence-electron chi connectivity index (χ2n) is 6.74. The van der Waals surface area contributed by atoms with Crippen LogP contribution in [0, 0.1) is 0 Å². The average Bonchev–Trinajstić information content (AvgIpc) is 2.63. The van der Waals surface area contributed by atoms with Gasteiger partial charge in [0.25, 0.3) is 0 Å². The number of rotatable bonds is 10. The molecule has 168 valence electrons. The molecule has 2 aromatic rings. The molecule has 0 aliphatic carbocycles. The van der Waals surface area contributed by atoms with Crippen LogP contribution in [0.2, 0.25) is 5.02 Å². The van der Waals surface area contributed by atoms with E-state index in [0.29, 0.717) is 24.5 Å². The molecule has 30 heavy (non-hydrogen) atoms. The SMILES string of the molecule is CCCCCCCOc1ccc(C(=O)Oc2ccc(S(F)(F)(F)(F)F)c(Cl)c2)cc1. The van der Waals surface area contributed by atoms with Crippen LogP contribution in [0.5, 0.6) is 11.5 Å². The first-order chi connectivity index (χ1) is 13.8. The fraction of sp³-hybridized carbons (Fsp3) is 0.350. The molecule has 0 aromatic heterocycles. The summed E-state index contributed by atoms with van der Waals surface area (Å²) in [7, 11) is -9.93. The Labute approximate surface area is 176 Å². The molecule has 0 fully saturated rings. The molecule has 0 spiro atoms. The maximum atomic E-state index is 12.9. The molecule has 3 nitrogen and oxygen atoms in total. The van der Waals surface area contributed by atoms with Gasteiger partial charge in [0.2, 0.25) is 0 Å². The Morgan fingerprint density at radius 3 is 2.07 bits per heavy atom. The minimum atomic E-state index is -9.93. The van der Waals surface area contributed by atoms with E-state index in [1.54, 1.807) is 12.1 Å². The van der Waals surface area contributed by atoms with Gasteiger partial charge in [-0.25, -0.2) is 4.79 Å². The highest BCUT2D eigenvalue weighted by Crippen LogP contribution is 3.02. The Morgan fingerprint density at radius 1 is 0.900 bits per heavy atom. The predicted octanol–water partition coefficient (Wildman–Crippen LogP) is 8.57. The van der Waals surface area contributed by atoms with Gasteiger partial charge < -0.3 is 9.47 Å². The first kappa shape index (κ1) is 24.3. The molecule has 0 bridgehead atoms. The summed E-state index contributed by atoms with van der Waals surface area (Å²) >= 11 is 5.35. The van der Waals surface area contributed by atoms with E-state index in [0.717, 1.165) is 25.7 Å². The quantitative estimate of drug-likeness (QED) is 0.150. The Morgan fingerprint density at radius 2 is 1.50 bits per heavy atom. The molecule has 0 aliphatic heterocycles. The lowest BCUT2D eigenvalue weighted by Gasteiger charge is -2.41. The third-order valence-corrected chi connectivity index (χ3v) is 5.75. The number of benzene rings is 2. The van der Waals surface area contributed by atoms with Crippen molar-refractivity contribution in [3.8, 4) is 11.5 Å². The van der Waals surface area contributed by atoms with E-state index in [-0.39, 0.29) is 17.4 Å². The number of hydrogen-bond donors (Lipinski definition) is 0. The molecular formula is C20H22ClF5O3S. The van der Waals surface area contributed by atoms with E-state index in [1.807, 2.05) is 0 Å². The average molecular weight is 473 g/mol. The van der Waals surface area contributed by atoms with Crippen LogP contribution in [0.1, 0.15) is 49.4 Å². The van der Waals surface area contributed by atoms with Gasteiger partial charge in [-0.15, -0.1) is 0 Å². The van der Waals surface area contributed by atoms with Crippen molar-refractivity contribution in [2.75, 3.05) is 6.61 Å². The fourth-order valence-corrected chi connectivity index (χ4v) is 3.97. The minimum Gasteiger partial charge on any atom is -0.494 e. The molecule has 0 unspecified atom stereocenters. The van der Waals surface area contributed by atoms with Crippen LogP contribution < -0.4 is 9.47 Å². The molecule has 10 heteroatoms. The number of carbonyl (C=O) groups is 1. The smallest absolute Gasteiger partial charge is 0.343 e. The Balaban J connectivity index is 1.96. The zero-order chi connectivity index (χ0) is 22.5. The topological polar surface area (TPSA) is 35.5 Å². The van der Waals surface area contributed by atoms with Crippen LogP contribution in [0.4, 0.5) is 19.4 Å². The summed E-state index contributed by atoms with van der Waals surface area (Å²) in [5.74, 6) is -0.703. The molecular weight excluding hydrogens is 451 g/mol. The van der Waals surface area contributed by atoms with Gasteiger partial charge in [-0.2, -0.15) is 0 Å². The Hall–Kier alpha value is -2.00. The molecule has 0 N–H and O–H groups in total. The van der Waals surface area contributed by atoms with E-state index in [9.17, 15) is 24.2 Å². The number of unbranched alkanes of at least 4 members (excludes halogenated alkanes) is 4. The lowest BCUT2D eigenvalue weighted by atomic mass is 10.2. The van der Waals surface area contributed by atoms with Crippen molar-refractivity contribution < 1.29 is 33.7 Å². The third kappa shape index (κ3) is 7.36. The van der Waals surface area contributed by atoms with Gasteiger partial charge in [0.15, 0.2) is 0 Å². The van der Waals surface area contributed by atoms with Crippen molar-refractivity contribution in [3.05, 3.63) is 53.1 Å². The van der Waals surface area contributed by atoms with Crippen molar-refractivity contribution in [3.63, 3.8) is 0 Å². The zero-order valence-electron chi connectivity index (χ0n) is 16.2. The number of ether oxygens (including phenoxy) is 2. The maximum Gasteiger partial charge on any atom is 0.343 e. The fourth-order valence-electron chi connectivity index (χ4n) is 2.61. The van der Waals surface area contributed by atoms with Crippen LogP contribution >= 0.6 is 21.8 Å². The highest BCUT2D eigenvalue weighted by atomic mass is 35.5. The van der Waals surface area contributed by atoms with Gasteiger partial charge in [-0.1, -0.05) is 63.6 Å². The molecule has 0 aliphatic rings. The van der Waals surface area contributed by atoms with Crippen LogP contribution in [0.15, 0.2) is 47.4 Å². The summed E-state index contributed by atoms with van der Waals surface area (Å²) in [6, 6.07) is 7.23. The summed E-state index contributed by atoms with van der Waals surface area (Å²) in [5, 5.41) is -1.25. The van der Waals surface area contributed by atoms with Gasteiger partial charge >= 0.3 is 16.2 Å². The third-order valence-electron chi connectivity index (χ3n) is 4.14. The number of hydrogen-bond acceptors (Lipinski definition) is 3. The van der Waals surface area contributed by atoms with Crippen molar-refractivity contribution in [1.82, 2.24) is 0 Å². The molecule has 0 saturated carbocycles. The normalized spacial score (nSPS) is 14.0. The minimum absolute atomic E-state index is 0.101. The van der Waals surface area contributed by atoms with Crippen LogP contribution in [-0.2, 0) is 0 Å². The van der Waals surface area contributed by atoms with E-state index in [2.05, 4.69) is 6.92 Å². The molecule has 0 radical (unpaired) electrons. The lowest BCUT2D eigenvalue weighted by Crippen LogP contribution is -2.10. The zero-order valence-corrected chi connectivity index (χ0v) is 17.8. The van der Waals surface area contributed by atoms with Crippen LogP contribution in [0.25, 0.3) is 0 Å². The van der Waals surface area contributed by atoms with E-state index in [1.165, 1.54) is 18.6 Å². The number of carbonyl (C=O) groups excluding carboxylic acids is 1. The van der Waals surface area contributed by atoms with Crippen LogP contribution in [0.3, 0.4) is 0 Å². The van der Waals surface area contributed by atoms with E-state index in [4.69, 9.17) is 21.1 Å². The van der Waals surface area contributed by atoms with Gasteiger partial charge in [-0.05, 0) is 42.8 Å². The van der Waals surface area contributed by atoms with Gasteiger partial charge in [0.05, 0.1) is 17.2 Å². The molecule has 2 rings (SSSR count). The van der Waals surface area contributed by atoms with Gasteiger partial charge in [0.1, 0.15) is 16.4 Å². The Kier molecular flexibility index (Phi) is 6.98. The summed E-state index contributed by atoms with van der Waals surface area (Å²) in [6.07, 6.45) is 5.48. The van der Waals surface area contributed by atoms with Crippen molar-refractivity contribution in [2.45, 2.75) is 43.9 Å². The second-order valence-corrected chi connectivity index (χ2v) is 9.52. The molecule has 0 atom stereocenters. The van der Waals surface area contributed by atoms with Gasteiger partial charge in [0, 0.05) is 6.07 Å². The van der Waals surface area contributed by atoms with Gasteiger partial charge in [-0.3, -0.25) is 0 Å². The first-order valence-corrected chi connectivity index (χ1v) is 11.6. The molecule has 0 amide bonds. The summed E-state index contributed by atoms with van der Waals surface area (Å²) in [6.45, 7) is 2.68. The van der Waals surface area contributed by atoms with Crippen molar-refractivity contribution >= 4 is 27.8 Å². The van der Waals surface area contributed by atoms with Crippen molar-refractivity contribution in [2.24, 2.45) is 0 Å². The Bertz CT molecular complexity index is 886. The predicted molar refractivity (Wildman–Crippen MR) is 109 cm³/mol. The molecule has 2 aromatic carbocycles. The standard InChI is InChI=1S/C20H22ClF5O3S/c1-2-3-4-5-6-13-28-16-9-7-15(8-10-16)20(27)29-17-11-12-19(18(21)14-17)30(22,23,24,25)26/h7-12,14H,2-6,13H2,1H3. The largest absolute Gasteiger partial charge is 0.494 e. The summed E-state index contributed by atoms with van der Waals surface area (Å²) in [5.41, 5.74) is 0.109. The van der Waals surface area contributed by atoms with Crippen molar-refractivity contribution in [1.29, 1.82) is 0 Å². The maximum absolute atomic E-state index is 12.9. The molecule has 0 heterocycles. The van der Waals surface area contributed by atoms with E-state index < -0.39 is 26.1 Å². The molecule has 0 saturated heterocycles. The number of halogens is 6. The summed E-state index contributed by atoms with van der Waals surface area (Å²) < 4.78 is 74.8. The first-order valence-electron chi connectivity index (χ1n) is 9.29. The lowest BCUT2D eigenvalue weighted by molar-refractivity contribution is 0.0734. The highest BCUT2D eigenvalue weighted by molar-refractivity contribution is 8.45. The highest BCUT2D eigenvalue weighted by Gasteiger charge is 2.66. The summed E-state index contributed by atoms with van der Waals surface area (Å²) in [4.78, 5) is 9.91. The second kappa shape index (κ2) is 8.63. The van der Waals surface area contributed by atoms with Crippen LogP contribution in [-0.4, -0.2) is 12.6 Å².